The summed E-state index contributed by atoms with van der Waals surface area (Å²) < 4.78 is 21.4. The summed E-state index contributed by atoms with van der Waals surface area (Å²) in [6.07, 6.45) is 5.57. The van der Waals surface area contributed by atoms with E-state index in [-0.39, 0.29) is 11.7 Å². The molecule has 0 aliphatic heterocycles. The Balaban J connectivity index is 1.94. The predicted octanol–water partition coefficient (Wildman–Crippen LogP) is 5.19. The van der Waals surface area contributed by atoms with Crippen LogP contribution in [0.15, 0.2) is 47.5 Å². The molecule has 5 heteroatoms. The minimum absolute atomic E-state index is 0.0818. The molecule has 2 aromatic rings. The minimum Gasteiger partial charge on any atom is -0.493 e. The molecule has 0 spiro atoms. The molecule has 1 saturated carbocycles. The van der Waals surface area contributed by atoms with Gasteiger partial charge in [0.15, 0.2) is 28.8 Å². The Morgan fingerprint density at radius 2 is 1.27 bits per heavy atom. The maximum atomic E-state index is 13.3. The van der Waals surface area contributed by atoms with Gasteiger partial charge in [0, 0.05) is 11.1 Å². The van der Waals surface area contributed by atoms with Crippen LogP contribution in [-0.4, -0.2) is 34.2 Å². The number of carbonyl (C=O) groups is 1. The van der Waals surface area contributed by atoms with Crippen LogP contribution < -0.4 is 18.9 Å². The average Bonchev–Trinajstić information content (AvgIpc) is 2.78. The second-order valence-corrected chi connectivity index (χ2v) is 7.27. The number of rotatable bonds is 6. The van der Waals surface area contributed by atoms with Gasteiger partial charge in [-0.2, -0.15) is 0 Å². The number of hydrogen-bond acceptors (Lipinski definition) is 5. The van der Waals surface area contributed by atoms with Gasteiger partial charge in [0.1, 0.15) is 0 Å². The fraction of sp³-hybridized carbons (Fsp3) is 0.320. The molecule has 1 unspecified atom stereocenters. The highest BCUT2D eigenvalue weighted by Crippen LogP contribution is 2.35. The van der Waals surface area contributed by atoms with E-state index in [0.29, 0.717) is 23.0 Å². The van der Waals surface area contributed by atoms with E-state index in [0.717, 1.165) is 35.1 Å². The lowest BCUT2D eigenvalue weighted by atomic mass is 9.80. The zero-order valence-electron chi connectivity index (χ0n) is 18.2. The molecule has 5 nitrogen and oxygen atoms in total. The summed E-state index contributed by atoms with van der Waals surface area (Å²) in [5.74, 6) is 2.88. The Kier molecular flexibility index (Phi) is 6.83. The van der Waals surface area contributed by atoms with Crippen LogP contribution in [0, 0.1) is 5.92 Å². The first kappa shape index (κ1) is 21.5. The van der Waals surface area contributed by atoms with Gasteiger partial charge in [-0.05, 0) is 66.3 Å². The second kappa shape index (κ2) is 9.53. The molecule has 0 radical (unpaired) electrons. The quantitative estimate of drug-likeness (QED) is 0.616. The Morgan fingerprint density at radius 1 is 0.767 bits per heavy atom. The van der Waals surface area contributed by atoms with Gasteiger partial charge in [-0.25, -0.2) is 0 Å². The number of ether oxygens (including phenoxy) is 4. The van der Waals surface area contributed by atoms with Gasteiger partial charge in [-0.15, -0.1) is 0 Å². The highest BCUT2D eigenvalue weighted by molar-refractivity contribution is 6.14. The molecule has 1 aliphatic rings. The molecule has 0 heterocycles. The van der Waals surface area contributed by atoms with Crippen molar-refractivity contribution in [2.75, 3.05) is 28.4 Å². The van der Waals surface area contributed by atoms with Gasteiger partial charge in [0.25, 0.3) is 0 Å². The molecule has 1 atom stereocenters. The van der Waals surface area contributed by atoms with Crippen molar-refractivity contribution < 1.29 is 23.7 Å². The van der Waals surface area contributed by atoms with E-state index >= 15 is 0 Å². The Morgan fingerprint density at radius 3 is 1.77 bits per heavy atom. The van der Waals surface area contributed by atoms with Crippen molar-refractivity contribution >= 4 is 17.9 Å². The zero-order chi connectivity index (χ0) is 21.7. The van der Waals surface area contributed by atoms with E-state index in [2.05, 4.69) is 6.92 Å². The molecular formula is C25H28O5. The lowest BCUT2D eigenvalue weighted by Crippen LogP contribution is -2.19. The van der Waals surface area contributed by atoms with E-state index in [1.165, 1.54) is 0 Å². The Bertz CT molecular complexity index is 987. The summed E-state index contributed by atoms with van der Waals surface area (Å²) in [7, 11) is 6.42. The van der Waals surface area contributed by atoms with Gasteiger partial charge >= 0.3 is 0 Å². The number of carbonyl (C=O) groups excluding carboxylic acids is 1. The lowest BCUT2D eigenvalue weighted by molar-refractivity contribution is -0.113. The van der Waals surface area contributed by atoms with Gasteiger partial charge in [-0.1, -0.05) is 19.1 Å². The molecule has 0 bridgehead atoms. The first-order valence-electron chi connectivity index (χ1n) is 9.91. The van der Waals surface area contributed by atoms with Crippen molar-refractivity contribution in [3.8, 4) is 23.0 Å². The summed E-state index contributed by atoms with van der Waals surface area (Å²) in [6.45, 7) is 2.09. The summed E-state index contributed by atoms with van der Waals surface area (Å²) in [5.41, 5.74) is 3.43. The smallest absolute Gasteiger partial charge is 0.185 e. The van der Waals surface area contributed by atoms with Crippen molar-refractivity contribution in [2.45, 2.75) is 19.8 Å². The van der Waals surface area contributed by atoms with Crippen molar-refractivity contribution in [1.82, 2.24) is 0 Å². The second-order valence-electron chi connectivity index (χ2n) is 7.27. The highest BCUT2D eigenvalue weighted by atomic mass is 16.5. The molecule has 30 heavy (non-hydrogen) atoms. The molecule has 0 amide bonds. The molecule has 0 N–H and O–H groups in total. The van der Waals surface area contributed by atoms with E-state index in [1.54, 1.807) is 28.4 Å². The fourth-order valence-corrected chi connectivity index (χ4v) is 3.66. The third-order valence-corrected chi connectivity index (χ3v) is 5.41. The number of hydrogen-bond donors (Lipinski definition) is 0. The van der Waals surface area contributed by atoms with Crippen LogP contribution in [0.1, 0.15) is 30.9 Å². The van der Waals surface area contributed by atoms with Crippen molar-refractivity contribution in [2.24, 2.45) is 5.92 Å². The standard InChI is InChI=1S/C25H28O5/c1-16-6-9-19(12-17-7-10-21(27-2)23(14-17)29-4)25(26)20(16)13-18-8-11-22(28-3)24(15-18)30-5/h7-8,10-16H,6,9H2,1-5H3/b19-12-,20-13+. The van der Waals surface area contributed by atoms with E-state index in [4.69, 9.17) is 18.9 Å². The Hall–Kier alpha value is -3.21. The van der Waals surface area contributed by atoms with Crippen LogP contribution in [-0.2, 0) is 4.79 Å². The van der Waals surface area contributed by atoms with Gasteiger partial charge in [0.05, 0.1) is 28.4 Å². The Labute approximate surface area is 177 Å². The van der Waals surface area contributed by atoms with Crippen LogP contribution in [0.4, 0.5) is 0 Å². The van der Waals surface area contributed by atoms with Crippen LogP contribution in [0.5, 0.6) is 23.0 Å². The number of ketones is 1. The van der Waals surface area contributed by atoms with Crippen LogP contribution in [0.2, 0.25) is 0 Å². The average molecular weight is 408 g/mol. The topological polar surface area (TPSA) is 54.0 Å². The van der Waals surface area contributed by atoms with Gasteiger partial charge in [-0.3, -0.25) is 4.79 Å². The monoisotopic (exact) mass is 408 g/mol. The molecular weight excluding hydrogens is 380 g/mol. The van der Waals surface area contributed by atoms with E-state index < -0.39 is 0 Å². The van der Waals surface area contributed by atoms with Crippen molar-refractivity contribution in [3.05, 3.63) is 58.7 Å². The molecule has 0 aromatic heterocycles. The molecule has 1 fully saturated rings. The fourth-order valence-electron chi connectivity index (χ4n) is 3.66. The van der Waals surface area contributed by atoms with Gasteiger partial charge in [0.2, 0.25) is 0 Å². The summed E-state index contributed by atoms with van der Waals surface area (Å²) in [6, 6.07) is 11.3. The minimum atomic E-state index is 0.0818. The number of methoxy groups -OCH3 is 4. The number of allylic oxidation sites excluding steroid dienone is 2. The normalized spacial score (nSPS) is 19.1. The summed E-state index contributed by atoms with van der Waals surface area (Å²) in [4.78, 5) is 13.3. The zero-order valence-corrected chi connectivity index (χ0v) is 18.2. The summed E-state index contributed by atoms with van der Waals surface area (Å²) in [5, 5.41) is 0. The van der Waals surface area contributed by atoms with E-state index in [1.807, 2.05) is 48.6 Å². The van der Waals surface area contributed by atoms with E-state index in [9.17, 15) is 4.79 Å². The predicted molar refractivity (Wildman–Crippen MR) is 118 cm³/mol. The molecule has 158 valence electrons. The molecule has 2 aromatic carbocycles. The molecule has 0 saturated heterocycles. The third-order valence-electron chi connectivity index (χ3n) is 5.41. The first-order chi connectivity index (χ1) is 14.5. The van der Waals surface area contributed by atoms with Crippen LogP contribution in [0.25, 0.3) is 12.2 Å². The van der Waals surface area contributed by atoms with Crippen LogP contribution in [0.3, 0.4) is 0 Å². The SMILES string of the molecule is COc1ccc(/C=C2/CCC(C)/C(=C\c3ccc(OC)c(OC)c3)C2=O)cc1OC. The molecule has 3 rings (SSSR count). The maximum Gasteiger partial charge on any atom is 0.185 e. The first-order valence-corrected chi connectivity index (χ1v) is 9.91. The number of benzene rings is 2. The van der Waals surface area contributed by atoms with Crippen molar-refractivity contribution in [3.63, 3.8) is 0 Å². The van der Waals surface area contributed by atoms with Crippen LogP contribution >= 0.6 is 0 Å². The maximum absolute atomic E-state index is 13.3. The third kappa shape index (κ3) is 4.51. The van der Waals surface area contributed by atoms with Crippen molar-refractivity contribution in [1.29, 1.82) is 0 Å². The number of Topliss-reactive ketones (excluding diaryl/α,β-unsaturated/α-hetero) is 1. The van der Waals surface area contributed by atoms with Gasteiger partial charge < -0.3 is 18.9 Å². The largest absolute Gasteiger partial charge is 0.493 e. The lowest BCUT2D eigenvalue weighted by Gasteiger charge is -2.23. The molecule has 1 aliphatic carbocycles. The summed E-state index contributed by atoms with van der Waals surface area (Å²) >= 11 is 0. The highest BCUT2D eigenvalue weighted by Gasteiger charge is 2.26.